The third-order valence-electron chi connectivity index (χ3n) is 4.52. The fourth-order valence-corrected chi connectivity index (χ4v) is 3.18. The molecule has 4 rings (SSSR count). The Morgan fingerprint density at radius 1 is 1.00 bits per heavy atom. The van der Waals surface area contributed by atoms with Crippen LogP contribution in [0.4, 0.5) is 11.8 Å². The number of piperazine rings is 1. The van der Waals surface area contributed by atoms with Gasteiger partial charge < -0.3 is 14.5 Å². The van der Waals surface area contributed by atoms with Crippen LogP contribution < -0.4 is 9.80 Å². The first kappa shape index (κ1) is 16.3. The Bertz CT molecular complexity index is 924. The molecule has 0 N–H and O–H groups in total. The van der Waals surface area contributed by atoms with E-state index in [0.717, 1.165) is 43.0 Å². The van der Waals surface area contributed by atoms with Crippen molar-refractivity contribution < 1.29 is 9.53 Å². The van der Waals surface area contributed by atoms with Gasteiger partial charge in [0.15, 0.2) is 0 Å². The number of aromatic nitrogens is 3. The van der Waals surface area contributed by atoms with Crippen LogP contribution in [0.2, 0.25) is 0 Å². The number of pyridine rings is 1. The highest BCUT2D eigenvalue weighted by atomic mass is 16.5. The fraction of sp³-hybridized carbons (Fsp3) is 0.263. The molecule has 0 atom stereocenters. The standard InChI is InChI=1S/C19H19N5O2/c1-26-18(25)15-13-14-5-2-3-6-16(14)22-17(15)23-9-11-24(12-10-23)19-20-7-4-8-21-19/h2-8,13H,9-12H2,1H3. The lowest BCUT2D eigenvalue weighted by Crippen LogP contribution is -2.47. The molecule has 7 heteroatoms. The maximum atomic E-state index is 12.3. The fourth-order valence-electron chi connectivity index (χ4n) is 3.18. The zero-order chi connectivity index (χ0) is 17.9. The lowest BCUT2D eigenvalue weighted by atomic mass is 10.1. The van der Waals surface area contributed by atoms with Crippen molar-refractivity contribution in [2.45, 2.75) is 0 Å². The summed E-state index contributed by atoms with van der Waals surface area (Å²) in [5.74, 6) is 1.03. The molecule has 1 saturated heterocycles. The van der Waals surface area contributed by atoms with Gasteiger partial charge >= 0.3 is 5.97 Å². The molecule has 1 aliphatic rings. The predicted octanol–water partition coefficient (Wildman–Crippen LogP) is 2.14. The lowest BCUT2D eigenvalue weighted by molar-refractivity contribution is 0.0601. The molecule has 132 valence electrons. The van der Waals surface area contributed by atoms with E-state index in [-0.39, 0.29) is 5.97 Å². The Morgan fingerprint density at radius 2 is 1.69 bits per heavy atom. The molecule has 0 unspecified atom stereocenters. The van der Waals surface area contributed by atoms with Crippen molar-refractivity contribution in [2.24, 2.45) is 0 Å². The number of anilines is 2. The number of benzene rings is 1. The summed E-state index contributed by atoms with van der Waals surface area (Å²) in [6.45, 7) is 2.99. The van der Waals surface area contributed by atoms with E-state index in [1.165, 1.54) is 7.11 Å². The van der Waals surface area contributed by atoms with Crippen molar-refractivity contribution in [1.82, 2.24) is 15.0 Å². The second kappa shape index (κ2) is 6.95. The highest BCUT2D eigenvalue weighted by molar-refractivity contribution is 5.99. The van der Waals surface area contributed by atoms with Gasteiger partial charge in [-0.25, -0.2) is 19.7 Å². The smallest absolute Gasteiger partial charge is 0.341 e. The molecule has 3 aromatic rings. The Labute approximate surface area is 151 Å². The third kappa shape index (κ3) is 3.03. The summed E-state index contributed by atoms with van der Waals surface area (Å²) in [4.78, 5) is 29.9. The van der Waals surface area contributed by atoms with E-state index in [0.29, 0.717) is 11.4 Å². The second-order valence-corrected chi connectivity index (χ2v) is 6.07. The maximum Gasteiger partial charge on any atom is 0.341 e. The number of esters is 1. The van der Waals surface area contributed by atoms with Crippen molar-refractivity contribution in [3.8, 4) is 0 Å². The molecule has 0 saturated carbocycles. The number of fused-ring (bicyclic) bond motifs is 1. The molecular weight excluding hydrogens is 330 g/mol. The van der Waals surface area contributed by atoms with E-state index < -0.39 is 0 Å². The van der Waals surface area contributed by atoms with Crippen LogP contribution in [0.1, 0.15) is 10.4 Å². The van der Waals surface area contributed by atoms with Crippen LogP contribution in [0.3, 0.4) is 0 Å². The monoisotopic (exact) mass is 349 g/mol. The Kier molecular flexibility index (Phi) is 4.35. The summed E-state index contributed by atoms with van der Waals surface area (Å²) in [7, 11) is 1.39. The first-order chi connectivity index (χ1) is 12.8. The molecule has 1 aromatic carbocycles. The van der Waals surface area contributed by atoms with Crippen molar-refractivity contribution in [3.05, 3.63) is 54.4 Å². The molecule has 7 nitrogen and oxygen atoms in total. The number of carbonyl (C=O) groups excluding carboxylic acids is 1. The average molecular weight is 349 g/mol. The molecule has 3 heterocycles. The van der Waals surface area contributed by atoms with Gasteiger partial charge in [0.05, 0.1) is 12.6 Å². The van der Waals surface area contributed by atoms with Gasteiger partial charge in [-0.3, -0.25) is 0 Å². The van der Waals surface area contributed by atoms with Crippen LogP contribution in [0.15, 0.2) is 48.8 Å². The van der Waals surface area contributed by atoms with E-state index in [2.05, 4.69) is 19.8 Å². The summed E-state index contributed by atoms with van der Waals surface area (Å²) >= 11 is 0. The molecular formula is C19H19N5O2. The van der Waals surface area contributed by atoms with Crippen LogP contribution in [-0.2, 0) is 4.74 Å². The highest BCUT2D eigenvalue weighted by Crippen LogP contribution is 2.26. The number of para-hydroxylation sites is 1. The van der Waals surface area contributed by atoms with Crippen molar-refractivity contribution in [3.63, 3.8) is 0 Å². The van der Waals surface area contributed by atoms with Crippen molar-refractivity contribution in [1.29, 1.82) is 0 Å². The van der Waals surface area contributed by atoms with E-state index >= 15 is 0 Å². The molecule has 0 radical (unpaired) electrons. The van der Waals surface area contributed by atoms with Crippen LogP contribution in [0.5, 0.6) is 0 Å². The minimum absolute atomic E-state index is 0.368. The normalized spacial score (nSPS) is 14.5. The number of carbonyl (C=O) groups is 1. The predicted molar refractivity (Wildman–Crippen MR) is 99.5 cm³/mol. The summed E-state index contributed by atoms with van der Waals surface area (Å²) in [6.07, 6.45) is 3.49. The average Bonchev–Trinajstić information content (AvgIpc) is 2.73. The molecule has 26 heavy (non-hydrogen) atoms. The van der Waals surface area contributed by atoms with E-state index in [4.69, 9.17) is 9.72 Å². The van der Waals surface area contributed by atoms with Gasteiger partial charge in [0.2, 0.25) is 5.95 Å². The molecule has 1 aliphatic heterocycles. The second-order valence-electron chi connectivity index (χ2n) is 6.07. The summed E-state index contributed by atoms with van der Waals surface area (Å²) < 4.78 is 4.97. The number of ether oxygens (including phenoxy) is 1. The zero-order valence-electron chi connectivity index (χ0n) is 14.5. The minimum Gasteiger partial charge on any atom is -0.465 e. The molecule has 1 fully saturated rings. The summed E-state index contributed by atoms with van der Waals surface area (Å²) in [6, 6.07) is 11.4. The lowest BCUT2D eigenvalue weighted by Gasteiger charge is -2.36. The largest absolute Gasteiger partial charge is 0.465 e. The van der Waals surface area contributed by atoms with Crippen LogP contribution in [0.25, 0.3) is 10.9 Å². The Morgan fingerprint density at radius 3 is 2.42 bits per heavy atom. The molecule has 0 aliphatic carbocycles. The van der Waals surface area contributed by atoms with Gasteiger partial charge in [-0.2, -0.15) is 0 Å². The number of hydrogen-bond acceptors (Lipinski definition) is 7. The summed E-state index contributed by atoms with van der Waals surface area (Å²) in [5.41, 5.74) is 1.36. The first-order valence-electron chi connectivity index (χ1n) is 8.51. The zero-order valence-corrected chi connectivity index (χ0v) is 14.5. The van der Waals surface area contributed by atoms with Gasteiger partial charge in [-0.1, -0.05) is 18.2 Å². The number of nitrogens with zero attached hydrogens (tertiary/aromatic N) is 5. The molecule has 0 bridgehead atoms. The SMILES string of the molecule is COC(=O)c1cc2ccccc2nc1N1CCN(c2ncccn2)CC1. The first-order valence-corrected chi connectivity index (χ1v) is 8.51. The third-order valence-corrected chi connectivity index (χ3v) is 4.52. The molecule has 2 aromatic heterocycles. The van der Waals surface area contributed by atoms with E-state index in [1.54, 1.807) is 18.5 Å². The Balaban J connectivity index is 1.63. The van der Waals surface area contributed by atoms with Crippen LogP contribution >= 0.6 is 0 Å². The molecule has 0 amide bonds. The van der Waals surface area contributed by atoms with Crippen molar-refractivity contribution in [2.75, 3.05) is 43.1 Å². The van der Waals surface area contributed by atoms with Crippen molar-refractivity contribution >= 4 is 28.6 Å². The highest BCUT2D eigenvalue weighted by Gasteiger charge is 2.24. The number of hydrogen-bond donors (Lipinski definition) is 0. The van der Waals surface area contributed by atoms with Gasteiger partial charge in [0.25, 0.3) is 0 Å². The van der Waals surface area contributed by atoms with Gasteiger partial charge in [-0.15, -0.1) is 0 Å². The maximum absolute atomic E-state index is 12.3. The Hall–Kier alpha value is -3.22. The quantitative estimate of drug-likeness (QED) is 0.671. The van der Waals surface area contributed by atoms with E-state index in [9.17, 15) is 4.79 Å². The van der Waals surface area contributed by atoms with Gasteiger partial charge in [0.1, 0.15) is 11.4 Å². The summed E-state index contributed by atoms with van der Waals surface area (Å²) in [5, 5.41) is 0.924. The topological polar surface area (TPSA) is 71.5 Å². The van der Waals surface area contributed by atoms with Gasteiger partial charge in [0, 0.05) is 44.0 Å². The van der Waals surface area contributed by atoms with E-state index in [1.807, 2.05) is 30.3 Å². The molecule has 0 spiro atoms. The van der Waals surface area contributed by atoms with Gasteiger partial charge in [-0.05, 0) is 18.2 Å². The van der Waals surface area contributed by atoms with Crippen LogP contribution in [-0.4, -0.2) is 54.2 Å². The number of methoxy groups -OCH3 is 1. The number of rotatable bonds is 3. The van der Waals surface area contributed by atoms with Crippen LogP contribution in [0, 0.1) is 0 Å². The minimum atomic E-state index is -0.368.